The fraction of sp³-hybridized carbons (Fsp3) is 0.167. The van der Waals surface area contributed by atoms with E-state index in [0.717, 1.165) is 11.4 Å². The fourth-order valence-corrected chi connectivity index (χ4v) is 1.33. The molecule has 0 amide bonds. The lowest BCUT2D eigenvalue weighted by Gasteiger charge is -1.90. The first-order chi connectivity index (χ1) is 7.27. The largest absolute Gasteiger partial charge is 0.278 e. The molecular weight excluding hydrogens is 186 g/mol. The van der Waals surface area contributed by atoms with Gasteiger partial charge in [0, 0.05) is 6.92 Å². The standard InChI is InChI=1S/C12H14N3/c1-11-14(2)8-9-15(11)13-10-12-6-4-3-5-7-12/h3-10H,1-2H3/q+1. The van der Waals surface area contributed by atoms with E-state index in [0.29, 0.717) is 0 Å². The van der Waals surface area contributed by atoms with Crippen molar-refractivity contribution in [2.75, 3.05) is 0 Å². The van der Waals surface area contributed by atoms with Gasteiger partial charge in [-0.3, -0.25) is 0 Å². The minimum absolute atomic E-state index is 1.10. The van der Waals surface area contributed by atoms with Crippen LogP contribution in [0.3, 0.4) is 0 Å². The van der Waals surface area contributed by atoms with Crippen molar-refractivity contribution >= 4 is 6.21 Å². The first-order valence-electron chi connectivity index (χ1n) is 4.90. The van der Waals surface area contributed by atoms with Crippen molar-refractivity contribution in [2.24, 2.45) is 12.1 Å². The van der Waals surface area contributed by atoms with Crippen LogP contribution in [0.2, 0.25) is 0 Å². The Morgan fingerprint density at radius 2 is 2.00 bits per heavy atom. The maximum Gasteiger partial charge on any atom is 0.278 e. The summed E-state index contributed by atoms with van der Waals surface area (Å²) in [5, 5.41) is 4.37. The van der Waals surface area contributed by atoms with Crippen LogP contribution in [0.5, 0.6) is 0 Å². The van der Waals surface area contributed by atoms with Gasteiger partial charge in [-0.1, -0.05) is 35.4 Å². The zero-order valence-electron chi connectivity index (χ0n) is 8.96. The normalized spacial score (nSPS) is 11.1. The van der Waals surface area contributed by atoms with Crippen LogP contribution in [0, 0.1) is 6.92 Å². The molecule has 0 aliphatic carbocycles. The first-order valence-corrected chi connectivity index (χ1v) is 4.90. The maximum absolute atomic E-state index is 4.37. The molecule has 0 saturated heterocycles. The Balaban J connectivity index is 2.23. The summed E-state index contributed by atoms with van der Waals surface area (Å²) in [5.41, 5.74) is 1.10. The zero-order chi connectivity index (χ0) is 10.7. The highest BCUT2D eigenvalue weighted by Gasteiger charge is 2.05. The average Bonchev–Trinajstić information content (AvgIpc) is 2.59. The summed E-state index contributed by atoms with van der Waals surface area (Å²) >= 11 is 0. The van der Waals surface area contributed by atoms with Gasteiger partial charge in [0.2, 0.25) is 0 Å². The number of hydrogen-bond acceptors (Lipinski definition) is 1. The van der Waals surface area contributed by atoms with Gasteiger partial charge < -0.3 is 0 Å². The van der Waals surface area contributed by atoms with E-state index >= 15 is 0 Å². The van der Waals surface area contributed by atoms with Crippen LogP contribution in [-0.2, 0) is 7.05 Å². The minimum atomic E-state index is 1.10. The molecule has 3 nitrogen and oxygen atoms in total. The summed E-state index contributed by atoms with van der Waals surface area (Å²) in [6, 6.07) is 10.1. The van der Waals surface area contributed by atoms with Crippen LogP contribution in [0.4, 0.5) is 0 Å². The van der Waals surface area contributed by atoms with Gasteiger partial charge in [-0.25, -0.2) is 4.57 Å². The third-order valence-electron chi connectivity index (χ3n) is 2.40. The van der Waals surface area contributed by atoms with E-state index in [1.165, 1.54) is 0 Å². The number of benzene rings is 1. The number of rotatable bonds is 2. The first kappa shape index (κ1) is 9.65. The van der Waals surface area contributed by atoms with E-state index in [1.807, 2.05) is 72.2 Å². The second kappa shape index (κ2) is 4.09. The number of nitrogens with zero attached hydrogens (tertiary/aromatic N) is 3. The van der Waals surface area contributed by atoms with Crippen LogP contribution in [0.15, 0.2) is 47.8 Å². The third kappa shape index (κ3) is 2.13. The summed E-state index contributed by atoms with van der Waals surface area (Å²) < 4.78 is 3.88. The average molecular weight is 200 g/mol. The number of hydrogen-bond donors (Lipinski definition) is 0. The van der Waals surface area contributed by atoms with E-state index < -0.39 is 0 Å². The monoisotopic (exact) mass is 200 g/mol. The molecule has 0 aliphatic heterocycles. The van der Waals surface area contributed by atoms with Crippen LogP contribution in [0.1, 0.15) is 11.4 Å². The molecule has 1 aromatic heterocycles. The van der Waals surface area contributed by atoms with Gasteiger partial charge in [0.15, 0.2) is 6.20 Å². The molecule has 0 N–H and O–H groups in total. The Hall–Kier alpha value is -1.90. The Bertz CT molecular complexity index is 469. The lowest BCUT2D eigenvalue weighted by atomic mass is 10.2. The van der Waals surface area contributed by atoms with Crippen LogP contribution in [0.25, 0.3) is 0 Å². The van der Waals surface area contributed by atoms with Crippen molar-refractivity contribution in [1.29, 1.82) is 0 Å². The molecule has 0 radical (unpaired) electrons. The SMILES string of the molecule is Cc1n(N=Cc2ccccc2)cc[n+]1C. The molecule has 2 aromatic rings. The van der Waals surface area contributed by atoms with E-state index in [-0.39, 0.29) is 0 Å². The summed E-state index contributed by atoms with van der Waals surface area (Å²) in [6.45, 7) is 2.03. The van der Waals surface area contributed by atoms with Crippen molar-refractivity contribution in [3.8, 4) is 0 Å². The van der Waals surface area contributed by atoms with Crippen molar-refractivity contribution in [2.45, 2.75) is 6.92 Å². The molecule has 0 bridgehead atoms. The van der Waals surface area contributed by atoms with Gasteiger partial charge in [-0.15, -0.1) is 4.68 Å². The highest BCUT2D eigenvalue weighted by atomic mass is 15.4. The molecular formula is C12H14N3+. The van der Waals surface area contributed by atoms with Gasteiger partial charge in [0.1, 0.15) is 6.20 Å². The quantitative estimate of drug-likeness (QED) is 0.517. The topological polar surface area (TPSA) is 21.2 Å². The number of aryl methyl sites for hydroxylation is 1. The molecule has 0 unspecified atom stereocenters. The molecule has 2 rings (SSSR count). The molecule has 15 heavy (non-hydrogen) atoms. The summed E-state index contributed by atoms with van der Waals surface area (Å²) in [4.78, 5) is 0. The Labute approximate surface area is 89.3 Å². The summed E-state index contributed by atoms with van der Waals surface area (Å²) in [5.74, 6) is 1.10. The van der Waals surface area contributed by atoms with E-state index in [9.17, 15) is 0 Å². The molecule has 76 valence electrons. The number of imidazole rings is 1. The third-order valence-corrected chi connectivity index (χ3v) is 2.40. The Kier molecular flexibility index (Phi) is 2.63. The van der Waals surface area contributed by atoms with Gasteiger partial charge in [-0.05, 0) is 5.56 Å². The second-order valence-electron chi connectivity index (χ2n) is 3.46. The van der Waals surface area contributed by atoms with Gasteiger partial charge >= 0.3 is 0 Å². The number of aromatic nitrogens is 2. The highest BCUT2D eigenvalue weighted by molar-refractivity contribution is 5.79. The van der Waals surface area contributed by atoms with Crippen LogP contribution in [-0.4, -0.2) is 10.9 Å². The second-order valence-corrected chi connectivity index (χ2v) is 3.46. The molecule has 0 saturated carbocycles. The van der Waals surface area contributed by atoms with Gasteiger partial charge in [0.25, 0.3) is 5.82 Å². The van der Waals surface area contributed by atoms with Crippen molar-refractivity contribution < 1.29 is 4.57 Å². The van der Waals surface area contributed by atoms with Crippen molar-refractivity contribution in [1.82, 2.24) is 4.68 Å². The van der Waals surface area contributed by atoms with E-state index in [2.05, 4.69) is 5.10 Å². The van der Waals surface area contributed by atoms with Gasteiger partial charge in [-0.2, -0.15) is 0 Å². The predicted octanol–water partition coefficient (Wildman–Crippen LogP) is 1.50. The summed E-state index contributed by atoms with van der Waals surface area (Å²) in [6.07, 6.45) is 5.78. The molecule has 0 aliphatic rings. The molecule has 0 atom stereocenters. The van der Waals surface area contributed by atoms with E-state index in [4.69, 9.17) is 0 Å². The molecule has 1 heterocycles. The fourth-order valence-electron chi connectivity index (χ4n) is 1.33. The van der Waals surface area contributed by atoms with Crippen molar-refractivity contribution in [3.05, 3.63) is 54.1 Å². The lowest BCUT2D eigenvalue weighted by Crippen LogP contribution is -2.29. The molecule has 0 fully saturated rings. The molecule has 3 heteroatoms. The molecule has 0 spiro atoms. The Morgan fingerprint density at radius 1 is 1.27 bits per heavy atom. The lowest BCUT2D eigenvalue weighted by molar-refractivity contribution is -0.677. The van der Waals surface area contributed by atoms with Crippen LogP contribution < -0.4 is 4.57 Å². The van der Waals surface area contributed by atoms with E-state index in [1.54, 1.807) is 0 Å². The van der Waals surface area contributed by atoms with Crippen LogP contribution >= 0.6 is 0 Å². The smallest absolute Gasteiger partial charge is 0.235 e. The maximum atomic E-state index is 4.37. The Morgan fingerprint density at radius 3 is 2.60 bits per heavy atom. The zero-order valence-corrected chi connectivity index (χ0v) is 8.96. The van der Waals surface area contributed by atoms with Crippen molar-refractivity contribution in [3.63, 3.8) is 0 Å². The van der Waals surface area contributed by atoms with Gasteiger partial charge in [0.05, 0.1) is 13.3 Å². The highest BCUT2D eigenvalue weighted by Crippen LogP contribution is 1.96. The minimum Gasteiger partial charge on any atom is -0.235 e. The molecule has 1 aromatic carbocycles. The predicted molar refractivity (Wildman–Crippen MR) is 59.8 cm³/mol. The summed E-state index contributed by atoms with van der Waals surface area (Å²) in [7, 11) is 2.00.